The maximum Gasteiger partial charge on any atom is 0.308 e. The van der Waals surface area contributed by atoms with E-state index in [9.17, 15) is 9.59 Å². The molecule has 2 aromatic rings. The Balaban J connectivity index is 2.70. The van der Waals surface area contributed by atoms with E-state index in [1.807, 2.05) is 53.7 Å². The molecule has 0 N–H and O–H groups in total. The normalized spacial score (nSPS) is 10.6. The van der Waals surface area contributed by atoms with Gasteiger partial charge < -0.3 is 9.47 Å². The van der Waals surface area contributed by atoms with Crippen LogP contribution in [-0.2, 0) is 9.59 Å². The molecule has 0 saturated heterocycles. The van der Waals surface area contributed by atoms with Crippen LogP contribution in [0.5, 0.6) is 11.5 Å². The molecule has 0 radical (unpaired) electrons. The van der Waals surface area contributed by atoms with Crippen molar-refractivity contribution in [1.29, 1.82) is 0 Å². The number of esters is 2. The Hall–Kier alpha value is -2.62. The number of carbonyl (C=O) groups excluding carboxylic acids is 2. The van der Waals surface area contributed by atoms with E-state index >= 15 is 0 Å². The number of hydrogen-bond acceptors (Lipinski definition) is 4. The Labute approximate surface area is 155 Å². The second kappa shape index (κ2) is 7.32. The van der Waals surface area contributed by atoms with E-state index in [0.717, 1.165) is 44.5 Å². The van der Waals surface area contributed by atoms with Crippen LogP contribution in [0, 0.1) is 41.5 Å². The highest BCUT2D eigenvalue weighted by atomic mass is 16.5. The van der Waals surface area contributed by atoms with Crippen molar-refractivity contribution in [3.05, 3.63) is 45.5 Å². The van der Waals surface area contributed by atoms with E-state index in [1.165, 1.54) is 13.8 Å². The number of benzene rings is 2. The molecule has 0 spiro atoms. The van der Waals surface area contributed by atoms with Crippen LogP contribution in [-0.4, -0.2) is 11.9 Å². The molecule has 0 atom stereocenters. The molecule has 0 aliphatic heterocycles. The molecule has 0 fully saturated rings. The zero-order chi connectivity index (χ0) is 19.8. The zero-order valence-electron chi connectivity index (χ0n) is 16.8. The van der Waals surface area contributed by atoms with Crippen LogP contribution in [0.25, 0.3) is 11.1 Å². The van der Waals surface area contributed by atoms with Crippen molar-refractivity contribution in [3.63, 3.8) is 0 Å². The van der Waals surface area contributed by atoms with Crippen LogP contribution in [0.4, 0.5) is 0 Å². The minimum absolute atomic E-state index is 0.322. The van der Waals surface area contributed by atoms with Crippen molar-refractivity contribution in [2.75, 3.05) is 0 Å². The summed E-state index contributed by atoms with van der Waals surface area (Å²) in [5.74, 6) is 0.608. The first-order valence-corrected chi connectivity index (χ1v) is 8.63. The second-order valence-electron chi connectivity index (χ2n) is 6.83. The smallest absolute Gasteiger partial charge is 0.308 e. The predicted octanol–water partition coefficient (Wildman–Crippen LogP) is 5.05. The Kier molecular flexibility index (Phi) is 5.55. The summed E-state index contributed by atoms with van der Waals surface area (Å²) in [7, 11) is 0. The fourth-order valence-corrected chi connectivity index (χ4v) is 3.28. The summed E-state index contributed by atoms with van der Waals surface area (Å²) in [4.78, 5) is 22.8. The number of hydrogen-bond donors (Lipinski definition) is 0. The highest BCUT2D eigenvalue weighted by Crippen LogP contribution is 2.39. The van der Waals surface area contributed by atoms with E-state index in [-0.39, 0.29) is 11.9 Å². The van der Waals surface area contributed by atoms with Crippen molar-refractivity contribution in [2.24, 2.45) is 0 Å². The minimum atomic E-state index is -0.322. The lowest BCUT2D eigenvalue weighted by molar-refractivity contribution is -0.132. The van der Waals surface area contributed by atoms with Gasteiger partial charge in [0.1, 0.15) is 11.5 Å². The third-order valence-corrected chi connectivity index (χ3v) is 4.83. The van der Waals surface area contributed by atoms with Crippen LogP contribution in [0.15, 0.2) is 12.1 Å². The summed E-state index contributed by atoms with van der Waals surface area (Å²) in [6.07, 6.45) is 0. The number of aryl methyl sites for hydroxylation is 2. The molecule has 0 aliphatic carbocycles. The molecule has 0 unspecified atom stereocenters. The van der Waals surface area contributed by atoms with Crippen LogP contribution in [0.3, 0.4) is 0 Å². The van der Waals surface area contributed by atoms with Crippen molar-refractivity contribution in [2.45, 2.75) is 55.4 Å². The van der Waals surface area contributed by atoms with Crippen LogP contribution in [0.2, 0.25) is 0 Å². The van der Waals surface area contributed by atoms with E-state index < -0.39 is 0 Å². The molecule has 4 nitrogen and oxygen atoms in total. The van der Waals surface area contributed by atoms with Crippen LogP contribution in [0.1, 0.15) is 47.2 Å². The van der Waals surface area contributed by atoms with Crippen molar-refractivity contribution in [1.82, 2.24) is 0 Å². The third-order valence-electron chi connectivity index (χ3n) is 4.83. The summed E-state index contributed by atoms with van der Waals surface area (Å²) in [6.45, 7) is 14.7. The average Bonchev–Trinajstić information content (AvgIpc) is 2.55. The summed E-state index contributed by atoms with van der Waals surface area (Å²) in [6, 6.07) is 4.10. The molecule has 138 valence electrons. The van der Waals surface area contributed by atoms with Gasteiger partial charge in [0.2, 0.25) is 0 Å². The molecule has 2 aromatic carbocycles. The lowest BCUT2D eigenvalue weighted by atomic mass is 9.88. The molecule has 0 aliphatic rings. The van der Waals surface area contributed by atoms with Gasteiger partial charge in [0, 0.05) is 13.8 Å². The van der Waals surface area contributed by atoms with Gasteiger partial charge in [0.25, 0.3) is 0 Å². The Morgan fingerprint density at radius 1 is 0.615 bits per heavy atom. The van der Waals surface area contributed by atoms with Crippen molar-refractivity contribution < 1.29 is 19.1 Å². The lowest BCUT2D eigenvalue weighted by Gasteiger charge is -2.20. The van der Waals surface area contributed by atoms with Crippen molar-refractivity contribution in [3.8, 4) is 22.6 Å². The summed E-state index contributed by atoms with van der Waals surface area (Å²) >= 11 is 0. The maximum absolute atomic E-state index is 11.4. The van der Waals surface area contributed by atoms with Gasteiger partial charge in [-0.1, -0.05) is 0 Å². The van der Waals surface area contributed by atoms with Gasteiger partial charge in [-0.25, -0.2) is 0 Å². The van der Waals surface area contributed by atoms with Gasteiger partial charge in [0.05, 0.1) is 0 Å². The van der Waals surface area contributed by atoms with Gasteiger partial charge in [-0.15, -0.1) is 0 Å². The number of carbonyl (C=O) groups is 2. The van der Waals surface area contributed by atoms with E-state index in [4.69, 9.17) is 9.47 Å². The first-order valence-electron chi connectivity index (χ1n) is 8.63. The molecule has 2 rings (SSSR count). The van der Waals surface area contributed by atoms with Gasteiger partial charge in [-0.2, -0.15) is 0 Å². The first kappa shape index (κ1) is 19.7. The minimum Gasteiger partial charge on any atom is -0.426 e. The highest BCUT2D eigenvalue weighted by Gasteiger charge is 2.19. The quantitative estimate of drug-likeness (QED) is 0.571. The highest BCUT2D eigenvalue weighted by molar-refractivity contribution is 5.79. The third kappa shape index (κ3) is 3.64. The van der Waals surface area contributed by atoms with Gasteiger partial charge in [-0.05, 0) is 98.2 Å². The number of ether oxygens (including phenoxy) is 2. The lowest BCUT2D eigenvalue weighted by Crippen LogP contribution is -2.07. The molecule has 0 bridgehead atoms. The van der Waals surface area contributed by atoms with E-state index in [2.05, 4.69) is 0 Å². The molecular weight excluding hydrogens is 328 g/mol. The Bertz CT molecular complexity index is 832. The molecular formula is C22H26O4. The maximum atomic E-state index is 11.4. The van der Waals surface area contributed by atoms with Gasteiger partial charge in [-0.3, -0.25) is 9.59 Å². The molecule has 0 heterocycles. The molecule has 4 heteroatoms. The van der Waals surface area contributed by atoms with E-state index in [0.29, 0.717) is 11.5 Å². The van der Waals surface area contributed by atoms with Crippen LogP contribution < -0.4 is 9.47 Å². The van der Waals surface area contributed by atoms with Gasteiger partial charge in [0.15, 0.2) is 0 Å². The Morgan fingerprint density at radius 2 is 0.923 bits per heavy atom. The summed E-state index contributed by atoms with van der Waals surface area (Å²) < 4.78 is 10.8. The molecule has 0 aromatic heterocycles. The standard InChI is InChI=1S/C22H26O4/c1-11-9-19(13(3)15(5)21(11)25-17(7)23)20-10-12(2)22(26-18(8)24)16(6)14(20)4/h9-10H,1-8H3. The predicted molar refractivity (Wildman–Crippen MR) is 103 cm³/mol. The number of rotatable bonds is 3. The topological polar surface area (TPSA) is 52.6 Å². The Morgan fingerprint density at radius 3 is 1.19 bits per heavy atom. The largest absolute Gasteiger partial charge is 0.426 e. The fourth-order valence-electron chi connectivity index (χ4n) is 3.28. The zero-order valence-corrected chi connectivity index (χ0v) is 16.8. The van der Waals surface area contributed by atoms with E-state index in [1.54, 1.807) is 0 Å². The average molecular weight is 354 g/mol. The molecule has 26 heavy (non-hydrogen) atoms. The van der Waals surface area contributed by atoms with Crippen LogP contribution >= 0.6 is 0 Å². The van der Waals surface area contributed by atoms with Crippen molar-refractivity contribution >= 4 is 11.9 Å². The molecule has 0 amide bonds. The second-order valence-corrected chi connectivity index (χ2v) is 6.83. The van der Waals surface area contributed by atoms with Gasteiger partial charge >= 0.3 is 11.9 Å². The fraction of sp³-hybridized carbons (Fsp3) is 0.364. The first-order chi connectivity index (χ1) is 12.0. The molecule has 0 saturated carbocycles. The monoisotopic (exact) mass is 354 g/mol. The SMILES string of the molecule is CC(=O)Oc1c(C)cc(-c2cc(C)c(OC(C)=O)c(C)c2C)c(C)c1C. The summed E-state index contributed by atoms with van der Waals surface area (Å²) in [5.41, 5.74) is 8.04. The summed E-state index contributed by atoms with van der Waals surface area (Å²) in [5, 5.41) is 0.